The number of anilines is 1. The van der Waals surface area contributed by atoms with Crippen LogP contribution in [0.15, 0.2) is 70.4 Å². The van der Waals surface area contributed by atoms with Gasteiger partial charge in [-0.1, -0.05) is 68.7 Å². The number of pyridine rings is 1. The first-order valence-corrected chi connectivity index (χ1v) is 18.0. The monoisotopic (exact) mass is 642 g/mol. The molecule has 0 saturated heterocycles. The topological polar surface area (TPSA) is 95.8 Å². The molecule has 4 aliphatic rings. The number of allylic oxidation sites excluding steroid dienone is 2. The van der Waals surface area contributed by atoms with Crippen molar-refractivity contribution < 1.29 is 14.6 Å². The molecule has 8 heteroatoms. The van der Waals surface area contributed by atoms with Gasteiger partial charge in [0.2, 0.25) is 0 Å². The minimum Gasteiger partial charge on any atom is -0.491 e. The quantitative estimate of drug-likeness (QED) is 0.276. The zero-order valence-electron chi connectivity index (χ0n) is 28.8. The molecule has 8 nitrogen and oxygen atoms in total. The van der Waals surface area contributed by atoms with Gasteiger partial charge < -0.3 is 29.9 Å². The summed E-state index contributed by atoms with van der Waals surface area (Å²) >= 11 is 0. The number of aliphatic hydroxyl groups is 1. The van der Waals surface area contributed by atoms with Crippen LogP contribution in [0.25, 0.3) is 0 Å². The van der Waals surface area contributed by atoms with Gasteiger partial charge in [0.1, 0.15) is 17.0 Å². The van der Waals surface area contributed by atoms with Crippen LogP contribution >= 0.6 is 0 Å². The average Bonchev–Trinajstić information content (AvgIpc) is 3.76. The Labute approximate surface area is 280 Å². The first-order valence-electron chi connectivity index (χ1n) is 18.0. The third kappa shape index (κ3) is 7.39. The molecule has 1 amide bonds. The number of aromatic nitrogens is 1. The summed E-state index contributed by atoms with van der Waals surface area (Å²) in [6.07, 6.45) is 15.2. The second-order valence-corrected chi connectivity index (χ2v) is 14.7. The fourth-order valence-corrected chi connectivity index (χ4v) is 8.38. The molecule has 3 aliphatic carbocycles. The van der Waals surface area contributed by atoms with Gasteiger partial charge in [0.05, 0.1) is 17.7 Å². The zero-order chi connectivity index (χ0) is 33.1. The van der Waals surface area contributed by atoms with E-state index < -0.39 is 12.1 Å². The van der Waals surface area contributed by atoms with Gasteiger partial charge >= 0.3 is 0 Å². The van der Waals surface area contributed by atoms with E-state index in [9.17, 15) is 14.7 Å². The smallest absolute Gasteiger partial charge is 0.274 e. The largest absolute Gasteiger partial charge is 0.491 e. The SMILES string of the molecule is CCC1=CC2=C(CC1C)OC1(CCCC1)CC2NC[C@@H](O)[C@H](Cc1ccccc1)NC(=O)c1cc(N(C)C)c(=O)n(C2CCCC2)c1. The lowest BCUT2D eigenvalue weighted by atomic mass is 9.78. The number of hydrogen-bond acceptors (Lipinski definition) is 6. The number of benzene rings is 1. The van der Waals surface area contributed by atoms with Crippen molar-refractivity contribution in [1.82, 2.24) is 15.2 Å². The van der Waals surface area contributed by atoms with Gasteiger partial charge in [-0.3, -0.25) is 9.59 Å². The average molecular weight is 643 g/mol. The van der Waals surface area contributed by atoms with Crippen molar-refractivity contribution >= 4 is 11.6 Å². The van der Waals surface area contributed by atoms with E-state index in [-0.39, 0.29) is 29.2 Å². The van der Waals surface area contributed by atoms with Crippen LogP contribution in [0.2, 0.25) is 0 Å². The minimum atomic E-state index is -0.836. The summed E-state index contributed by atoms with van der Waals surface area (Å²) in [7, 11) is 3.67. The number of carbonyl (C=O) groups excluding carboxylic acids is 1. The molecular weight excluding hydrogens is 588 g/mol. The Kier molecular flexibility index (Phi) is 10.3. The lowest BCUT2D eigenvalue weighted by molar-refractivity contribution is -0.0288. The minimum absolute atomic E-state index is 0.0638. The van der Waals surface area contributed by atoms with Crippen LogP contribution in [0.1, 0.15) is 106 Å². The van der Waals surface area contributed by atoms with Crippen LogP contribution in [0, 0.1) is 5.92 Å². The second-order valence-electron chi connectivity index (χ2n) is 14.7. The molecule has 2 aromatic rings. The predicted molar refractivity (Wildman–Crippen MR) is 188 cm³/mol. The Balaban J connectivity index is 1.24. The molecule has 0 radical (unpaired) electrons. The van der Waals surface area contributed by atoms with E-state index in [1.165, 1.54) is 24.0 Å². The number of ether oxygens (including phenoxy) is 1. The maximum absolute atomic E-state index is 14.0. The number of nitrogens with one attached hydrogen (secondary N) is 2. The van der Waals surface area contributed by atoms with E-state index in [1.807, 2.05) is 44.4 Å². The first kappa shape index (κ1) is 33.5. The summed E-state index contributed by atoms with van der Waals surface area (Å²) in [5.41, 5.74) is 4.48. The number of rotatable bonds is 11. The fraction of sp³-hybridized carbons (Fsp3) is 0.590. The van der Waals surface area contributed by atoms with Gasteiger partial charge in [-0.2, -0.15) is 0 Å². The van der Waals surface area contributed by atoms with Crippen LogP contribution in [0.3, 0.4) is 0 Å². The number of aliphatic hydroxyl groups excluding tert-OH is 1. The van der Waals surface area contributed by atoms with E-state index in [0.717, 1.165) is 69.1 Å². The molecular formula is C39H54N4O4. The highest BCUT2D eigenvalue weighted by Gasteiger charge is 2.45. The van der Waals surface area contributed by atoms with Crippen molar-refractivity contribution in [3.8, 4) is 0 Å². The third-order valence-corrected chi connectivity index (χ3v) is 11.1. The molecule has 1 spiro atoms. The summed E-state index contributed by atoms with van der Waals surface area (Å²) < 4.78 is 8.56. The lowest BCUT2D eigenvalue weighted by Gasteiger charge is -2.44. The van der Waals surface area contributed by atoms with Gasteiger partial charge in [-0.15, -0.1) is 0 Å². The maximum Gasteiger partial charge on any atom is 0.274 e. The van der Waals surface area contributed by atoms with Crippen LogP contribution < -0.4 is 21.1 Å². The van der Waals surface area contributed by atoms with Crippen LogP contribution in [0.4, 0.5) is 5.69 Å². The zero-order valence-corrected chi connectivity index (χ0v) is 28.8. The fourth-order valence-electron chi connectivity index (χ4n) is 8.38. The Bertz CT molecular complexity index is 1530. The normalized spacial score (nSPS) is 23.6. The first-order chi connectivity index (χ1) is 22.7. The summed E-state index contributed by atoms with van der Waals surface area (Å²) in [6, 6.07) is 11.4. The van der Waals surface area contributed by atoms with Gasteiger partial charge in [0.15, 0.2) is 0 Å². The molecule has 4 atom stereocenters. The van der Waals surface area contributed by atoms with Crippen molar-refractivity contribution in [2.75, 3.05) is 25.5 Å². The molecule has 1 aromatic heterocycles. The molecule has 3 N–H and O–H groups in total. The molecule has 0 bridgehead atoms. The number of amides is 1. The number of hydrogen-bond donors (Lipinski definition) is 3. The Morgan fingerprint density at radius 2 is 1.85 bits per heavy atom. The Morgan fingerprint density at radius 3 is 2.53 bits per heavy atom. The molecule has 1 aliphatic heterocycles. The van der Waals surface area contributed by atoms with Gasteiger partial charge in [-0.25, -0.2) is 0 Å². The lowest BCUT2D eigenvalue weighted by Crippen LogP contribution is -2.52. The Hall–Kier alpha value is -3.36. The summed E-state index contributed by atoms with van der Waals surface area (Å²) in [4.78, 5) is 29.1. The maximum atomic E-state index is 14.0. The van der Waals surface area contributed by atoms with Crippen molar-refractivity contribution in [1.29, 1.82) is 0 Å². The standard InChI is InChI=1S/C39H54N4O4/c1-5-28-21-31-33(23-39(17-11-12-18-39)47-36(31)19-26(28)2)40-24-35(44)32(20-27-13-7-6-8-14-27)41-37(45)29-22-34(42(3)4)38(46)43(25-29)30-15-9-10-16-30/h6-8,13-14,21-22,25-26,30,32-33,35,40,44H,5,9-12,15-20,23-24H2,1-4H3,(H,41,45)/t26?,32-,33?,35+/m0/s1. The molecule has 254 valence electrons. The van der Waals surface area contributed by atoms with E-state index in [4.69, 9.17) is 4.74 Å². The highest BCUT2D eigenvalue weighted by Crippen LogP contribution is 2.47. The highest BCUT2D eigenvalue weighted by atomic mass is 16.5. The van der Waals surface area contributed by atoms with E-state index in [0.29, 0.717) is 30.1 Å². The van der Waals surface area contributed by atoms with Crippen molar-refractivity contribution in [2.45, 2.75) is 121 Å². The third-order valence-electron chi connectivity index (χ3n) is 11.1. The molecule has 1 aromatic carbocycles. The van der Waals surface area contributed by atoms with Crippen molar-refractivity contribution in [3.63, 3.8) is 0 Å². The van der Waals surface area contributed by atoms with E-state index in [1.54, 1.807) is 21.7 Å². The second kappa shape index (κ2) is 14.4. The van der Waals surface area contributed by atoms with Crippen molar-refractivity contribution in [2.24, 2.45) is 5.92 Å². The molecule has 2 heterocycles. The Morgan fingerprint density at radius 1 is 1.13 bits per heavy atom. The van der Waals surface area contributed by atoms with E-state index in [2.05, 4.69) is 30.6 Å². The molecule has 2 unspecified atom stereocenters. The van der Waals surface area contributed by atoms with Crippen LogP contribution in [-0.4, -0.2) is 60.0 Å². The number of nitrogens with zero attached hydrogens (tertiary/aromatic N) is 2. The van der Waals surface area contributed by atoms with Crippen LogP contribution in [-0.2, 0) is 11.2 Å². The molecule has 2 fully saturated rings. The number of carbonyl (C=O) groups is 1. The molecule has 2 saturated carbocycles. The molecule has 47 heavy (non-hydrogen) atoms. The summed E-state index contributed by atoms with van der Waals surface area (Å²) in [5.74, 6) is 1.32. The highest BCUT2D eigenvalue weighted by molar-refractivity contribution is 5.95. The van der Waals surface area contributed by atoms with Crippen molar-refractivity contribution in [3.05, 3.63) is 87.1 Å². The summed E-state index contributed by atoms with van der Waals surface area (Å²) in [5, 5.41) is 18.7. The van der Waals surface area contributed by atoms with Gasteiger partial charge in [0, 0.05) is 57.3 Å². The van der Waals surface area contributed by atoms with Gasteiger partial charge in [0.25, 0.3) is 11.5 Å². The van der Waals surface area contributed by atoms with Gasteiger partial charge in [-0.05, 0) is 68.9 Å². The van der Waals surface area contributed by atoms with Crippen LogP contribution in [0.5, 0.6) is 0 Å². The predicted octanol–water partition coefficient (Wildman–Crippen LogP) is 6.05. The summed E-state index contributed by atoms with van der Waals surface area (Å²) in [6.45, 7) is 4.86. The van der Waals surface area contributed by atoms with E-state index >= 15 is 0 Å². The molecule has 6 rings (SSSR count).